The number of thiazole rings is 1. The van der Waals surface area contributed by atoms with Crippen LogP contribution in [-0.2, 0) is 16.1 Å². The van der Waals surface area contributed by atoms with Crippen LogP contribution in [0.25, 0.3) is 32.1 Å². The number of ether oxygens (including phenoxy) is 1. The molecular weight excluding hydrogens is 506 g/mol. The van der Waals surface area contributed by atoms with Gasteiger partial charge in [0, 0.05) is 18.0 Å². The van der Waals surface area contributed by atoms with Crippen LogP contribution in [0.4, 0.5) is 5.82 Å². The number of methoxy groups -OCH3 is 1. The molecule has 0 N–H and O–H groups in total. The van der Waals surface area contributed by atoms with Crippen LogP contribution in [0, 0.1) is 12.3 Å². The molecule has 0 spiro atoms. The molecule has 0 radical (unpaired) electrons. The lowest BCUT2D eigenvalue weighted by Gasteiger charge is -2.27. The summed E-state index contributed by atoms with van der Waals surface area (Å²) in [6.45, 7) is 8.56. The molecular formula is C32H31N3O3S. The van der Waals surface area contributed by atoms with Crippen LogP contribution in [0.15, 0.2) is 72.9 Å². The highest BCUT2D eigenvalue weighted by Crippen LogP contribution is 2.31. The molecule has 5 aromatic rings. The Morgan fingerprint density at radius 3 is 2.41 bits per heavy atom. The monoisotopic (exact) mass is 537 g/mol. The number of hydrogen-bond donors (Lipinski definition) is 0. The summed E-state index contributed by atoms with van der Waals surface area (Å²) in [6, 6.07) is 21.8. The number of carbonyl (C=O) groups excluding carboxylic acids is 2. The van der Waals surface area contributed by atoms with E-state index in [0.717, 1.165) is 38.0 Å². The van der Waals surface area contributed by atoms with E-state index in [2.05, 4.69) is 73.2 Å². The SMILES string of the molecule is COC(=O)c1ccc2c(N(Cc3ccc(-c4ccc5sc(C)nc5c4)cc3)C(=O)CC(C)(C)C)nccc2c1. The lowest BCUT2D eigenvalue weighted by molar-refractivity contribution is -0.120. The third-order valence-electron chi connectivity index (χ3n) is 6.53. The number of hydrogen-bond acceptors (Lipinski definition) is 6. The van der Waals surface area contributed by atoms with Crippen molar-refractivity contribution in [3.05, 3.63) is 89.1 Å². The second-order valence-corrected chi connectivity index (χ2v) is 12.1. The van der Waals surface area contributed by atoms with Crippen molar-refractivity contribution in [2.24, 2.45) is 5.41 Å². The number of benzene rings is 3. The van der Waals surface area contributed by atoms with Crippen molar-refractivity contribution >= 4 is 50.0 Å². The Labute approximate surface area is 232 Å². The minimum Gasteiger partial charge on any atom is -0.465 e. The van der Waals surface area contributed by atoms with Gasteiger partial charge in [-0.25, -0.2) is 14.8 Å². The largest absolute Gasteiger partial charge is 0.465 e. The molecule has 0 unspecified atom stereocenters. The lowest BCUT2D eigenvalue weighted by Crippen LogP contribution is -2.34. The van der Waals surface area contributed by atoms with Crippen molar-refractivity contribution in [3.63, 3.8) is 0 Å². The number of aryl methyl sites for hydroxylation is 1. The Balaban J connectivity index is 1.49. The molecule has 0 aliphatic rings. The van der Waals surface area contributed by atoms with Crippen LogP contribution >= 0.6 is 11.3 Å². The summed E-state index contributed by atoms with van der Waals surface area (Å²) in [5.74, 6) is 0.166. The van der Waals surface area contributed by atoms with Crippen LogP contribution in [0.3, 0.4) is 0 Å². The van der Waals surface area contributed by atoms with E-state index in [-0.39, 0.29) is 11.3 Å². The summed E-state index contributed by atoms with van der Waals surface area (Å²) in [5.41, 5.74) is 4.48. The lowest BCUT2D eigenvalue weighted by atomic mass is 9.91. The van der Waals surface area contributed by atoms with Gasteiger partial charge in [0.25, 0.3) is 0 Å². The van der Waals surface area contributed by atoms with Gasteiger partial charge in [-0.3, -0.25) is 9.69 Å². The molecule has 0 atom stereocenters. The Morgan fingerprint density at radius 2 is 1.69 bits per heavy atom. The molecule has 0 saturated heterocycles. The number of amides is 1. The number of carbonyl (C=O) groups is 2. The quantitative estimate of drug-likeness (QED) is 0.209. The van der Waals surface area contributed by atoms with E-state index in [1.807, 2.05) is 19.1 Å². The fourth-order valence-electron chi connectivity index (χ4n) is 4.66. The minimum absolute atomic E-state index is 0.00651. The third kappa shape index (κ3) is 5.83. The van der Waals surface area contributed by atoms with E-state index in [4.69, 9.17) is 4.74 Å². The van der Waals surface area contributed by atoms with Gasteiger partial charge >= 0.3 is 5.97 Å². The number of fused-ring (bicyclic) bond motifs is 2. The molecule has 7 heteroatoms. The maximum atomic E-state index is 13.6. The first-order valence-corrected chi connectivity index (χ1v) is 13.7. The van der Waals surface area contributed by atoms with Crippen molar-refractivity contribution in [2.45, 2.75) is 40.7 Å². The molecule has 0 bridgehead atoms. The summed E-state index contributed by atoms with van der Waals surface area (Å²) < 4.78 is 6.06. The molecule has 6 nitrogen and oxygen atoms in total. The zero-order valence-electron chi connectivity index (χ0n) is 22.8. The Hall–Kier alpha value is -4.10. The molecule has 2 aromatic heterocycles. The summed E-state index contributed by atoms with van der Waals surface area (Å²) in [6.07, 6.45) is 2.05. The first kappa shape index (κ1) is 26.5. The smallest absolute Gasteiger partial charge is 0.337 e. The van der Waals surface area contributed by atoms with Crippen LogP contribution in [0.1, 0.15) is 48.1 Å². The van der Waals surface area contributed by atoms with E-state index in [0.29, 0.717) is 24.3 Å². The fourth-order valence-corrected chi connectivity index (χ4v) is 5.47. The predicted molar refractivity (Wildman–Crippen MR) is 158 cm³/mol. The topological polar surface area (TPSA) is 72.4 Å². The van der Waals surface area contributed by atoms with Crippen molar-refractivity contribution in [3.8, 4) is 11.1 Å². The third-order valence-corrected chi connectivity index (χ3v) is 7.48. The summed E-state index contributed by atoms with van der Waals surface area (Å²) >= 11 is 1.70. The van der Waals surface area contributed by atoms with Gasteiger partial charge in [-0.1, -0.05) is 51.1 Å². The zero-order valence-corrected chi connectivity index (χ0v) is 23.6. The highest BCUT2D eigenvalue weighted by molar-refractivity contribution is 7.18. The van der Waals surface area contributed by atoms with Crippen LogP contribution in [-0.4, -0.2) is 29.0 Å². The first-order valence-electron chi connectivity index (χ1n) is 12.9. The van der Waals surface area contributed by atoms with Gasteiger partial charge in [0.1, 0.15) is 5.82 Å². The highest BCUT2D eigenvalue weighted by atomic mass is 32.1. The molecule has 0 aliphatic heterocycles. The molecule has 39 heavy (non-hydrogen) atoms. The van der Waals surface area contributed by atoms with E-state index >= 15 is 0 Å². The normalized spacial score (nSPS) is 11.6. The number of rotatable bonds is 6. The van der Waals surface area contributed by atoms with E-state index < -0.39 is 5.97 Å². The molecule has 0 fully saturated rings. The fraction of sp³-hybridized carbons (Fsp3) is 0.250. The van der Waals surface area contributed by atoms with Crippen molar-refractivity contribution in [2.75, 3.05) is 12.0 Å². The Bertz CT molecular complexity index is 1680. The minimum atomic E-state index is -0.403. The van der Waals surface area contributed by atoms with Crippen molar-refractivity contribution in [1.29, 1.82) is 0 Å². The van der Waals surface area contributed by atoms with Crippen LogP contribution < -0.4 is 4.90 Å². The summed E-state index contributed by atoms with van der Waals surface area (Å²) in [4.78, 5) is 36.7. The average molecular weight is 538 g/mol. The molecule has 0 saturated carbocycles. The van der Waals surface area contributed by atoms with Gasteiger partial charge in [-0.05, 0) is 70.8 Å². The molecule has 1 amide bonds. The second kappa shape index (κ2) is 10.6. The van der Waals surface area contributed by atoms with Gasteiger partial charge in [0.2, 0.25) is 5.91 Å². The Morgan fingerprint density at radius 1 is 0.949 bits per heavy atom. The maximum absolute atomic E-state index is 13.6. The van der Waals surface area contributed by atoms with E-state index in [1.165, 1.54) is 11.8 Å². The van der Waals surface area contributed by atoms with E-state index in [9.17, 15) is 9.59 Å². The van der Waals surface area contributed by atoms with Crippen molar-refractivity contribution in [1.82, 2.24) is 9.97 Å². The molecule has 2 heterocycles. The predicted octanol–water partition coefficient (Wildman–Crippen LogP) is 7.58. The van der Waals surface area contributed by atoms with Gasteiger partial charge in [-0.15, -0.1) is 11.3 Å². The van der Waals surface area contributed by atoms with Gasteiger partial charge in [-0.2, -0.15) is 0 Å². The number of anilines is 1. The molecule has 5 rings (SSSR count). The number of nitrogens with zero attached hydrogens (tertiary/aromatic N) is 3. The number of pyridine rings is 1. The first-order chi connectivity index (χ1) is 18.6. The van der Waals surface area contributed by atoms with Crippen LogP contribution in [0.2, 0.25) is 0 Å². The highest BCUT2D eigenvalue weighted by Gasteiger charge is 2.25. The maximum Gasteiger partial charge on any atom is 0.337 e. The Kier molecular flexibility index (Phi) is 7.19. The van der Waals surface area contributed by atoms with E-state index in [1.54, 1.807) is 34.6 Å². The average Bonchev–Trinajstić information content (AvgIpc) is 3.29. The van der Waals surface area contributed by atoms with Gasteiger partial charge < -0.3 is 4.74 Å². The number of aromatic nitrogens is 2. The standard InChI is InChI=1S/C32H31N3O3S/c1-20-34-27-17-23(11-13-28(27)39-20)22-8-6-21(7-9-22)19-35(29(36)18-32(2,3)4)30-26-12-10-25(31(37)38-5)16-24(26)14-15-33-30/h6-17H,18-19H2,1-5H3. The van der Waals surface area contributed by atoms with Gasteiger partial charge in [0.15, 0.2) is 0 Å². The van der Waals surface area contributed by atoms with Gasteiger partial charge in [0.05, 0.1) is 34.4 Å². The zero-order chi connectivity index (χ0) is 27.7. The van der Waals surface area contributed by atoms with Crippen LogP contribution in [0.5, 0.6) is 0 Å². The molecule has 0 aliphatic carbocycles. The summed E-state index contributed by atoms with van der Waals surface area (Å²) in [5, 5.41) is 2.68. The molecule has 3 aromatic carbocycles. The van der Waals surface area contributed by atoms with Crippen molar-refractivity contribution < 1.29 is 14.3 Å². The molecule has 198 valence electrons. The second-order valence-electron chi connectivity index (χ2n) is 10.9. The number of esters is 1. The summed E-state index contributed by atoms with van der Waals surface area (Å²) in [7, 11) is 1.36.